The van der Waals surface area contributed by atoms with Crippen LogP contribution in [0.2, 0.25) is 0 Å². The predicted octanol–water partition coefficient (Wildman–Crippen LogP) is 0.310. The lowest BCUT2D eigenvalue weighted by atomic mass is 9.92. The molecule has 0 fully saturated rings. The van der Waals surface area contributed by atoms with Crippen molar-refractivity contribution in [2.45, 2.75) is 39.2 Å². The van der Waals surface area contributed by atoms with E-state index >= 15 is 0 Å². The Labute approximate surface area is 80.2 Å². The van der Waals surface area contributed by atoms with Crippen LogP contribution < -0.4 is 0 Å². The first-order chi connectivity index (χ1) is 5.90. The molecule has 0 aliphatic heterocycles. The van der Waals surface area contributed by atoms with Crippen LogP contribution in [0.25, 0.3) is 0 Å². The highest BCUT2D eigenvalue weighted by atomic mass is 16.5. The van der Waals surface area contributed by atoms with E-state index in [0.29, 0.717) is 13.0 Å². The second kappa shape index (κ2) is 5.17. The molecule has 0 rings (SSSR count). The molecule has 0 spiro atoms. The topological polar surface area (TPSA) is 43.4 Å². The molecule has 0 saturated carbocycles. The fraction of sp³-hybridized carbons (Fsp3) is 0.778. The Kier molecular flexibility index (Phi) is 4.92. The third-order valence-electron chi connectivity index (χ3n) is 1.88. The van der Waals surface area contributed by atoms with Crippen molar-refractivity contribution in [3.05, 3.63) is 0 Å². The molecule has 0 atom stereocenters. The molecule has 13 heavy (non-hydrogen) atoms. The molecule has 0 aromatic rings. The zero-order valence-electron chi connectivity index (χ0n) is 8.85. The number of Topliss-reactive ketones (excluding diaryl/α,β-unsaturated/α-hetero) is 1. The van der Waals surface area contributed by atoms with Crippen LogP contribution in [-0.4, -0.2) is 31.5 Å². The van der Waals surface area contributed by atoms with Crippen LogP contribution in [0, 0.1) is 0 Å². The smallest absolute Gasteiger partial charge is 0.187 e. The van der Waals surface area contributed by atoms with E-state index in [-0.39, 0.29) is 17.9 Å². The van der Waals surface area contributed by atoms with Crippen LogP contribution in [0.5, 0.6) is 0 Å². The first-order valence-corrected chi connectivity index (χ1v) is 4.57. The van der Waals surface area contributed by atoms with Crippen molar-refractivity contribution in [2.75, 3.05) is 6.61 Å². The third-order valence-corrected chi connectivity index (χ3v) is 1.88. The van der Waals surface area contributed by atoms with Crippen molar-refractivity contribution >= 4 is 19.3 Å². The molecule has 0 aromatic carbocycles. The van der Waals surface area contributed by atoms with Gasteiger partial charge < -0.3 is 9.53 Å². The lowest BCUT2D eigenvalue weighted by Gasteiger charge is -2.22. The van der Waals surface area contributed by atoms with Crippen molar-refractivity contribution in [3.8, 4) is 0 Å². The van der Waals surface area contributed by atoms with Crippen LogP contribution in [-0.2, 0) is 14.3 Å². The van der Waals surface area contributed by atoms with Gasteiger partial charge >= 0.3 is 0 Å². The molecule has 0 N–H and O–H groups in total. The van der Waals surface area contributed by atoms with Gasteiger partial charge in [-0.3, -0.25) is 4.79 Å². The van der Waals surface area contributed by atoms with Gasteiger partial charge in [-0.2, -0.15) is 0 Å². The number of carbonyl (C=O) groups is 2. The molecule has 0 aliphatic rings. The van der Waals surface area contributed by atoms with Crippen molar-refractivity contribution in [1.82, 2.24) is 0 Å². The highest BCUT2D eigenvalue weighted by Crippen LogP contribution is 2.13. The second-order valence-electron chi connectivity index (χ2n) is 3.57. The van der Waals surface area contributed by atoms with Crippen LogP contribution in [0.3, 0.4) is 0 Å². The first kappa shape index (κ1) is 12.4. The summed E-state index contributed by atoms with van der Waals surface area (Å²) in [5, 5.41) is 0. The van der Waals surface area contributed by atoms with Crippen LogP contribution in [0.1, 0.15) is 33.6 Å². The quantitative estimate of drug-likeness (QED) is 0.558. The Hall–Kier alpha value is -0.635. The van der Waals surface area contributed by atoms with Gasteiger partial charge in [0, 0.05) is 19.4 Å². The van der Waals surface area contributed by atoms with Gasteiger partial charge in [-0.05, 0) is 20.8 Å². The molecule has 0 bridgehead atoms. The molecule has 0 heterocycles. The summed E-state index contributed by atoms with van der Waals surface area (Å²) < 4.78 is 5.26. The zero-order valence-corrected chi connectivity index (χ0v) is 8.85. The van der Waals surface area contributed by atoms with Crippen LogP contribution in [0.4, 0.5) is 0 Å². The highest BCUT2D eigenvalue weighted by molar-refractivity contribution is 6.57. The number of rotatable bonds is 6. The van der Waals surface area contributed by atoms with Crippen LogP contribution >= 0.6 is 0 Å². The minimum atomic E-state index is -0.746. The van der Waals surface area contributed by atoms with Crippen molar-refractivity contribution in [3.63, 3.8) is 0 Å². The maximum absolute atomic E-state index is 11.5. The van der Waals surface area contributed by atoms with Gasteiger partial charge in [0.2, 0.25) is 0 Å². The maximum Gasteiger partial charge on any atom is 0.187 e. The summed E-state index contributed by atoms with van der Waals surface area (Å²) in [5.41, 5.74) is -0.704. The molecule has 0 radical (unpaired) electrons. The van der Waals surface area contributed by atoms with E-state index < -0.39 is 5.60 Å². The Morgan fingerprint density at radius 2 is 1.85 bits per heavy atom. The van der Waals surface area contributed by atoms with E-state index in [1.165, 1.54) is 7.85 Å². The molecule has 0 unspecified atom stereocenters. The highest BCUT2D eigenvalue weighted by Gasteiger charge is 2.26. The summed E-state index contributed by atoms with van der Waals surface area (Å²) in [6.45, 7) is 5.83. The number of hydrogen-bond acceptors (Lipinski definition) is 3. The van der Waals surface area contributed by atoms with Gasteiger partial charge in [-0.1, -0.05) is 0 Å². The van der Waals surface area contributed by atoms with E-state index in [9.17, 15) is 9.59 Å². The summed E-state index contributed by atoms with van der Waals surface area (Å²) in [5.74, 6) is -0.00968. The maximum atomic E-state index is 11.5. The van der Waals surface area contributed by atoms with E-state index in [2.05, 4.69) is 0 Å². The van der Waals surface area contributed by atoms with Gasteiger partial charge in [0.1, 0.15) is 5.60 Å². The standard InChI is InChI=1S/C9H17BO3/c1-4-13-9(2,3)7(11)5-6-8(10)12/h4-6,10H2,1-3H3. The molecule has 74 valence electrons. The number of ketones is 1. The van der Waals surface area contributed by atoms with E-state index in [1.54, 1.807) is 13.8 Å². The fourth-order valence-electron chi connectivity index (χ4n) is 1.03. The van der Waals surface area contributed by atoms with Crippen molar-refractivity contribution in [2.24, 2.45) is 0 Å². The lowest BCUT2D eigenvalue weighted by Crippen LogP contribution is -2.35. The van der Waals surface area contributed by atoms with Gasteiger partial charge in [-0.15, -0.1) is 0 Å². The molecule has 0 aromatic heterocycles. The molecular formula is C9H17BO3. The fourth-order valence-corrected chi connectivity index (χ4v) is 1.03. The SMILES string of the molecule is BC(=O)CCC(=O)C(C)(C)OCC. The lowest BCUT2D eigenvalue weighted by molar-refractivity contribution is -0.140. The summed E-state index contributed by atoms with van der Waals surface area (Å²) in [6, 6.07) is 0. The van der Waals surface area contributed by atoms with Gasteiger partial charge in [-0.25, -0.2) is 0 Å². The summed E-state index contributed by atoms with van der Waals surface area (Å²) in [6.07, 6.45) is 0.595. The molecule has 0 aliphatic carbocycles. The number of carbonyl (C=O) groups excluding carboxylic acids is 2. The Morgan fingerprint density at radius 1 is 1.31 bits per heavy atom. The van der Waals surface area contributed by atoms with E-state index in [4.69, 9.17) is 4.74 Å². The zero-order chi connectivity index (χ0) is 10.5. The minimum Gasteiger partial charge on any atom is -0.368 e. The number of ether oxygens (including phenoxy) is 1. The third kappa shape index (κ3) is 4.83. The molecule has 0 amide bonds. The molecule has 0 saturated heterocycles. The summed E-state index contributed by atoms with van der Waals surface area (Å²) >= 11 is 0. The minimum absolute atomic E-state index is 0.00968. The van der Waals surface area contributed by atoms with E-state index in [1.807, 2.05) is 6.92 Å². The van der Waals surface area contributed by atoms with Crippen molar-refractivity contribution in [1.29, 1.82) is 0 Å². The molecule has 3 nitrogen and oxygen atoms in total. The first-order valence-electron chi connectivity index (χ1n) is 4.57. The normalized spacial score (nSPS) is 11.3. The van der Waals surface area contributed by atoms with Gasteiger partial charge in [0.05, 0.1) is 5.68 Å². The Morgan fingerprint density at radius 3 is 2.23 bits per heavy atom. The largest absolute Gasteiger partial charge is 0.368 e. The summed E-state index contributed by atoms with van der Waals surface area (Å²) in [7, 11) is 1.49. The molecule has 4 heteroatoms. The molecular weight excluding hydrogens is 167 g/mol. The second-order valence-corrected chi connectivity index (χ2v) is 3.57. The van der Waals surface area contributed by atoms with Crippen molar-refractivity contribution < 1.29 is 14.3 Å². The number of hydrogen-bond donors (Lipinski definition) is 0. The van der Waals surface area contributed by atoms with Gasteiger partial charge in [0.25, 0.3) is 0 Å². The van der Waals surface area contributed by atoms with E-state index in [0.717, 1.165) is 0 Å². The van der Waals surface area contributed by atoms with Crippen LogP contribution in [0.15, 0.2) is 0 Å². The average Bonchev–Trinajstić information content (AvgIpc) is 1.99. The predicted molar refractivity (Wildman–Crippen MR) is 53.5 cm³/mol. The summed E-state index contributed by atoms with van der Waals surface area (Å²) in [4.78, 5) is 22.1. The van der Waals surface area contributed by atoms with Gasteiger partial charge in [0.15, 0.2) is 13.6 Å². The Balaban J connectivity index is 4.01. The monoisotopic (exact) mass is 184 g/mol. The average molecular weight is 184 g/mol. The Bertz CT molecular complexity index is 199.